The molecule has 0 aliphatic rings. The number of hydrogen-bond acceptors (Lipinski definition) is 1. The summed E-state index contributed by atoms with van der Waals surface area (Å²) in [4.78, 5) is -0.166. The molecule has 2 aromatic carbocycles. The molecule has 1 unspecified atom stereocenters. The SMILES string of the molecule is Fc1ccc(C(Br)c2csc3c(Br)cccc23)cc1F. The minimum atomic E-state index is -0.827. The molecule has 0 saturated carbocycles. The van der Waals surface area contributed by atoms with Gasteiger partial charge >= 0.3 is 0 Å². The molecule has 1 aromatic heterocycles. The second-order valence-electron chi connectivity index (χ2n) is 4.34. The summed E-state index contributed by atoms with van der Waals surface area (Å²) in [5, 5.41) is 3.15. The van der Waals surface area contributed by atoms with Crippen LogP contribution in [0.25, 0.3) is 10.1 Å². The minimum Gasteiger partial charge on any atom is -0.204 e. The van der Waals surface area contributed by atoms with Crippen molar-refractivity contribution < 1.29 is 8.78 Å². The fourth-order valence-electron chi connectivity index (χ4n) is 2.09. The van der Waals surface area contributed by atoms with E-state index in [1.165, 1.54) is 6.07 Å². The van der Waals surface area contributed by atoms with Crippen LogP contribution in [0.2, 0.25) is 0 Å². The fourth-order valence-corrected chi connectivity index (χ4v) is 4.57. The van der Waals surface area contributed by atoms with Gasteiger partial charge in [-0.25, -0.2) is 8.78 Å². The third-order valence-electron chi connectivity index (χ3n) is 3.09. The highest BCUT2D eigenvalue weighted by Gasteiger charge is 2.17. The van der Waals surface area contributed by atoms with E-state index in [0.717, 1.165) is 26.2 Å². The first-order valence-electron chi connectivity index (χ1n) is 5.82. The Morgan fingerprint density at radius 2 is 1.85 bits per heavy atom. The van der Waals surface area contributed by atoms with Crippen LogP contribution in [0, 0.1) is 11.6 Å². The van der Waals surface area contributed by atoms with Crippen LogP contribution in [0.5, 0.6) is 0 Å². The first-order chi connectivity index (χ1) is 9.58. The third-order valence-corrected chi connectivity index (χ3v) is 6.08. The first-order valence-corrected chi connectivity index (χ1v) is 8.41. The van der Waals surface area contributed by atoms with Crippen LogP contribution in [-0.4, -0.2) is 0 Å². The predicted molar refractivity (Wildman–Crippen MR) is 86.7 cm³/mol. The average Bonchev–Trinajstić information content (AvgIpc) is 2.86. The number of benzene rings is 2. The van der Waals surface area contributed by atoms with E-state index < -0.39 is 11.6 Å². The van der Waals surface area contributed by atoms with Gasteiger partial charge in [0, 0.05) is 9.17 Å². The molecule has 0 aliphatic carbocycles. The molecule has 5 heteroatoms. The van der Waals surface area contributed by atoms with Gasteiger partial charge in [-0.05, 0) is 56.0 Å². The summed E-state index contributed by atoms with van der Waals surface area (Å²) >= 11 is 8.73. The second kappa shape index (κ2) is 5.54. The quantitative estimate of drug-likeness (QED) is 0.421. The van der Waals surface area contributed by atoms with Crippen molar-refractivity contribution in [2.45, 2.75) is 4.83 Å². The van der Waals surface area contributed by atoms with Crippen molar-refractivity contribution in [2.24, 2.45) is 0 Å². The molecule has 1 atom stereocenters. The maximum absolute atomic E-state index is 13.4. The van der Waals surface area contributed by atoms with Gasteiger partial charge in [-0.1, -0.05) is 34.1 Å². The Labute approximate surface area is 135 Å². The van der Waals surface area contributed by atoms with E-state index >= 15 is 0 Å². The van der Waals surface area contributed by atoms with Gasteiger partial charge in [-0.15, -0.1) is 11.3 Å². The fraction of sp³-hybridized carbons (Fsp3) is 0.0667. The number of alkyl halides is 1. The van der Waals surface area contributed by atoms with Crippen molar-refractivity contribution in [1.29, 1.82) is 0 Å². The van der Waals surface area contributed by atoms with E-state index in [1.807, 2.05) is 23.6 Å². The molecule has 1 heterocycles. The molecule has 0 saturated heterocycles. The number of fused-ring (bicyclic) bond motifs is 1. The Hall–Kier alpha value is -0.780. The minimum absolute atomic E-state index is 0.166. The lowest BCUT2D eigenvalue weighted by Gasteiger charge is -2.10. The molecule has 0 bridgehead atoms. The lowest BCUT2D eigenvalue weighted by Crippen LogP contribution is -1.94. The van der Waals surface area contributed by atoms with Crippen molar-refractivity contribution in [3.63, 3.8) is 0 Å². The molecule has 20 heavy (non-hydrogen) atoms. The molecule has 0 amide bonds. The molecule has 0 aliphatic heterocycles. The summed E-state index contributed by atoms with van der Waals surface area (Å²) in [5.74, 6) is -1.65. The number of halogens is 4. The average molecular weight is 418 g/mol. The lowest BCUT2D eigenvalue weighted by molar-refractivity contribution is 0.507. The van der Waals surface area contributed by atoms with E-state index in [0.29, 0.717) is 5.56 Å². The number of thiophene rings is 1. The van der Waals surface area contributed by atoms with E-state index in [-0.39, 0.29) is 4.83 Å². The number of rotatable bonds is 2. The maximum atomic E-state index is 13.4. The molecule has 0 N–H and O–H groups in total. The van der Waals surface area contributed by atoms with Gasteiger partial charge in [0.1, 0.15) is 0 Å². The van der Waals surface area contributed by atoms with E-state index in [4.69, 9.17) is 0 Å². The maximum Gasteiger partial charge on any atom is 0.159 e. The molecule has 0 radical (unpaired) electrons. The largest absolute Gasteiger partial charge is 0.204 e. The number of hydrogen-bond donors (Lipinski definition) is 0. The van der Waals surface area contributed by atoms with Crippen molar-refractivity contribution in [1.82, 2.24) is 0 Å². The van der Waals surface area contributed by atoms with Crippen LogP contribution in [-0.2, 0) is 0 Å². The molecule has 0 nitrogen and oxygen atoms in total. The van der Waals surface area contributed by atoms with E-state index in [9.17, 15) is 8.78 Å². The Kier molecular flexibility index (Phi) is 3.93. The van der Waals surface area contributed by atoms with Crippen LogP contribution < -0.4 is 0 Å². The molecular weight excluding hydrogens is 410 g/mol. The first kappa shape index (κ1) is 14.2. The summed E-state index contributed by atoms with van der Waals surface area (Å²) in [6.45, 7) is 0. The molecule has 0 spiro atoms. The van der Waals surface area contributed by atoms with Crippen LogP contribution >= 0.6 is 43.2 Å². The van der Waals surface area contributed by atoms with Crippen LogP contribution in [0.3, 0.4) is 0 Å². The lowest BCUT2D eigenvalue weighted by atomic mass is 10.0. The Bertz CT molecular complexity index is 783. The van der Waals surface area contributed by atoms with Crippen molar-refractivity contribution in [3.8, 4) is 0 Å². The third kappa shape index (κ3) is 2.43. The highest BCUT2D eigenvalue weighted by molar-refractivity contribution is 9.10. The topological polar surface area (TPSA) is 0 Å². The molecule has 3 aromatic rings. The molecular formula is C15H8Br2F2S. The molecule has 3 rings (SSSR count). The second-order valence-corrected chi connectivity index (χ2v) is 6.99. The highest BCUT2D eigenvalue weighted by Crippen LogP contribution is 2.41. The summed E-state index contributed by atoms with van der Waals surface area (Å²) in [6, 6.07) is 9.97. The summed E-state index contributed by atoms with van der Waals surface area (Å²) in [6.07, 6.45) is 0. The standard InChI is InChI=1S/C15H8Br2F2S/c16-11-3-1-2-9-10(7-20-15(9)11)14(17)8-4-5-12(18)13(19)6-8/h1-7,14H. The van der Waals surface area contributed by atoms with E-state index in [2.05, 4.69) is 31.9 Å². The van der Waals surface area contributed by atoms with Gasteiger partial charge in [-0.2, -0.15) is 0 Å². The Balaban J connectivity index is 2.10. The molecule has 102 valence electrons. The van der Waals surface area contributed by atoms with Crippen molar-refractivity contribution in [3.05, 3.63) is 69.0 Å². The van der Waals surface area contributed by atoms with Crippen LogP contribution in [0.1, 0.15) is 16.0 Å². The van der Waals surface area contributed by atoms with Gasteiger partial charge in [-0.3, -0.25) is 0 Å². The Morgan fingerprint density at radius 1 is 1.05 bits per heavy atom. The van der Waals surface area contributed by atoms with Crippen molar-refractivity contribution >= 4 is 53.3 Å². The summed E-state index contributed by atoms with van der Waals surface area (Å²) < 4.78 is 28.6. The van der Waals surface area contributed by atoms with Gasteiger partial charge in [0.05, 0.1) is 4.83 Å². The van der Waals surface area contributed by atoms with E-state index in [1.54, 1.807) is 17.4 Å². The molecule has 0 fully saturated rings. The van der Waals surface area contributed by atoms with Gasteiger partial charge in [0.25, 0.3) is 0 Å². The highest BCUT2D eigenvalue weighted by atomic mass is 79.9. The normalized spacial score (nSPS) is 12.8. The van der Waals surface area contributed by atoms with Crippen LogP contribution in [0.4, 0.5) is 8.78 Å². The zero-order valence-electron chi connectivity index (χ0n) is 10.0. The monoisotopic (exact) mass is 416 g/mol. The van der Waals surface area contributed by atoms with Crippen molar-refractivity contribution in [2.75, 3.05) is 0 Å². The Morgan fingerprint density at radius 3 is 2.60 bits per heavy atom. The zero-order valence-corrected chi connectivity index (χ0v) is 14.0. The summed E-state index contributed by atoms with van der Waals surface area (Å²) in [7, 11) is 0. The van der Waals surface area contributed by atoms with Gasteiger partial charge < -0.3 is 0 Å². The van der Waals surface area contributed by atoms with Gasteiger partial charge in [0.2, 0.25) is 0 Å². The summed E-state index contributed by atoms with van der Waals surface area (Å²) in [5.41, 5.74) is 1.75. The smallest absolute Gasteiger partial charge is 0.159 e. The predicted octanol–water partition coefficient (Wildman–Crippen LogP) is 6.43. The van der Waals surface area contributed by atoms with Crippen LogP contribution in [0.15, 0.2) is 46.3 Å². The zero-order chi connectivity index (χ0) is 14.3. The van der Waals surface area contributed by atoms with Gasteiger partial charge in [0.15, 0.2) is 11.6 Å².